The third kappa shape index (κ3) is 4.02. The first-order chi connectivity index (χ1) is 10.2. The number of rotatable bonds is 5. The Bertz CT molecular complexity index is 380. The molecule has 2 aliphatic rings. The van der Waals surface area contributed by atoms with Crippen LogP contribution in [0.15, 0.2) is 12.7 Å². The minimum Gasteiger partial charge on any atom is -0.411 e. The first-order valence-corrected chi connectivity index (χ1v) is 11.7. The molecule has 1 heterocycles. The zero-order chi connectivity index (χ0) is 16.4. The monoisotopic (exact) mass is 326 g/mol. The Morgan fingerprint density at radius 2 is 1.91 bits per heavy atom. The predicted octanol–water partition coefficient (Wildman–Crippen LogP) is 5.03. The quantitative estimate of drug-likeness (QED) is 0.524. The third-order valence-corrected chi connectivity index (χ3v) is 10.1. The van der Waals surface area contributed by atoms with E-state index in [1.54, 1.807) is 0 Å². The molecule has 0 aromatic rings. The molecule has 1 saturated heterocycles. The van der Waals surface area contributed by atoms with E-state index in [2.05, 4.69) is 40.4 Å². The van der Waals surface area contributed by atoms with Crippen LogP contribution in [0.2, 0.25) is 18.1 Å². The van der Waals surface area contributed by atoms with Crippen LogP contribution in [0.3, 0.4) is 0 Å². The van der Waals surface area contributed by atoms with E-state index < -0.39 is 8.32 Å². The van der Waals surface area contributed by atoms with Gasteiger partial charge < -0.3 is 13.9 Å². The molecule has 2 fully saturated rings. The lowest BCUT2D eigenvalue weighted by Crippen LogP contribution is -2.48. The zero-order valence-electron chi connectivity index (χ0n) is 15.1. The topological polar surface area (TPSA) is 27.7 Å². The van der Waals surface area contributed by atoms with Crippen LogP contribution in [-0.2, 0) is 13.9 Å². The summed E-state index contributed by atoms with van der Waals surface area (Å²) in [4.78, 5) is 0. The fourth-order valence-electron chi connectivity index (χ4n) is 3.11. The van der Waals surface area contributed by atoms with Crippen LogP contribution in [0.25, 0.3) is 0 Å². The summed E-state index contributed by atoms with van der Waals surface area (Å²) in [6, 6.07) is 0. The molecule has 4 heteroatoms. The summed E-state index contributed by atoms with van der Waals surface area (Å²) in [7, 11) is -1.82. The smallest absolute Gasteiger partial charge is 0.192 e. The molecule has 3 nitrogen and oxygen atoms in total. The van der Waals surface area contributed by atoms with Crippen molar-refractivity contribution in [3.8, 4) is 0 Å². The van der Waals surface area contributed by atoms with Gasteiger partial charge in [0.25, 0.3) is 0 Å². The standard InChI is InChI=1S/C18H34O3Si/c1-7-11-15(21-22(5,6)17(2,3)4)16-14-19-18(20-16)12-9-8-10-13-18/h7,15-16H,1,8-14H2,2-6H3. The van der Waals surface area contributed by atoms with Gasteiger partial charge in [-0.25, -0.2) is 0 Å². The van der Waals surface area contributed by atoms with Crippen LogP contribution >= 0.6 is 0 Å². The van der Waals surface area contributed by atoms with Crippen LogP contribution < -0.4 is 0 Å². The molecular weight excluding hydrogens is 292 g/mol. The van der Waals surface area contributed by atoms with E-state index in [9.17, 15) is 0 Å². The van der Waals surface area contributed by atoms with Crippen molar-refractivity contribution in [2.45, 2.75) is 95.4 Å². The highest BCUT2D eigenvalue weighted by Crippen LogP contribution is 2.42. The van der Waals surface area contributed by atoms with Crippen molar-refractivity contribution in [2.24, 2.45) is 0 Å². The summed E-state index contributed by atoms with van der Waals surface area (Å²) >= 11 is 0. The Balaban J connectivity index is 2.04. The highest BCUT2D eigenvalue weighted by atomic mass is 28.4. The van der Waals surface area contributed by atoms with E-state index in [-0.39, 0.29) is 23.0 Å². The summed E-state index contributed by atoms with van der Waals surface area (Å²) in [6.07, 6.45) is 8.68. The lowest BCUT2D eigenvalue weighted by Gasteiger charge is -2.40. The van der Waals surface area contributed by atoms with Gasteiger partial charge in [-0.15, -0.1) is 6.58 Å². The Morgan fingerprint density at radius 1 is 1.27 bits per heavy atom. The van der Waals surface area contributed by atoms with Crippen LogP contribution in [0.1, 0.15) is 59.3 Å². The van der Waals surface area contributed by atoms with Gasteiger partial charge in [-0.1, -0.05) is 33.3 Å². The first-order valence-electron chi connectivity index (χ1n) is 8.80. The second kappa shape index (κ2) is 6.76. The minimum absolute atomic E-state index is 0.0465. The van der Waals surface area contributed by atoms with Gasteiger partial charge in [-0.3, -0.25) is 0 Å². The molecule has 2 unspecified atom stereocenters. The maximum absolute atomic E-state index is 6.62. The second-order valence-electron chi connectivity index (χ2n) is 8.38. The average molecular weight is 327 g/mol. The molecule has 0 aromatic carbocycles. The summed E-state index contributed by atoms with van der Waals surface area (Å²) in [5.41, 5.74) is 0. The molecule has 0 bridgehead atoms. The molecule has 128 valence electrons. The molecule has 2 rings (SSSR count). The fraction of sp³-hybridized carbons (Fsp3) is 0.889. The largest absolute Gasteiger partial charge is 0.411 e. The van der Waals surface area contributed by atoms with Crippen LogP contribution in [-0.4, -0.2) is 32.9 Å². The van der Waals surface area contributed by atoms with E-state index in [1.165, 1.54) is 19.3 Å². The Labute approximate surface area is 137 Å². The molecule has 2 atom stereocenters. The average Bonchev–Trinajstić information content (AvgIpc) is 2.81. The lowest BCUT2D eigenvalue weighted by atomic mass is 9.94. The molecule has 22 heavy (non-hydrogen) atoms. The molecule has 1 spiro atoms. The van der Waals surface area contributed by atoms with Crippen LogP contribution in [0, 0.1) is 0 Å². The van der Waals surface area contributed by atoms with E-state index in [0.717, 1.165) is 19.3 Å². The maximum atomic E-state index is 6.62. The Morgan fingerprint density at radius 3 is 2.45 bits per heavy atom. The first kappa shape index (κ1) is 18.2. The predicted molar refractivity (Wildman–Crippen MR) is 93.5 cm³/mol. The molecule has 1 aliphatic heterocycles. The highest BCUT2D eigenvalue weighted by Gasteiger charge is 2.47. The van der Waals surface area contributed by atoms with Crippen molar-refractivity contribution in [3.05, 3.63) is 12.7 Å². The SMILES string of the molecule is C=CCC(O[Si](C)(C)C(C)(C)C)C1COC2(CCCCC2)O1. The molecule has 0 aromatic heterocycles. The molecule has 1 aliphatic carbocycles. The van der Waals surface area contributed by atoms with Crippen molar-refractivity contribution in [1.82, 2.24) is 0 Å². The Kier molecular flexibility index (Phi) is 5.58. The Hall–Kier alpha value is -0.163. The number of hydrogen-bond donors (Lipinski definition) is 0. The highest BCUT2D eigenvalue weighted by molar-refractivity contribution is 6.74. The summed E-state index contributed by atoms with van der Waals surface area (Å²) < 4.78 is 19.1. The van der Waals surface area contributed by atoms with E-state index in [4.69, 9.17) is 13.9 Å². The molecule has 0 N–H and O–H groups in total. The summed E-state index contributed by atoms with van der Waals surface area (Å²) in [6.45, 7) is 16.0. The van der Waals surface area contributed by atoms with Crippen molar-refractivity contribution < 1.29 is 13.9 Å². The van der Waals surface area contributed by atoms with Gasteiger partial charge in [0.15, 0.2) is 14.1 Å². The molecule has 1 saturated carbocycles. The van der Waals surface area contributed by atoms with Gasteiger partial charge in [-0.05, 0) is 37.4 Å². The van der Waals surface area contributed by atoms with Gasteiger partial charge >= 0.3 is 0 Å². The van der Waals surface area contributed by atoms with Crippen molar-refractivity contribution in [2.75, 3.05) is 6.61 Å². The van der Waals surface area contributed by atoms with Gasteiger partial charge in [0.2, 0.25) is 0 Å². The second-order valence-corrected chi connectivity index (χ2v) is 13.1. The zero-order valence-corrected chi connectivity index (χ0v) is 16.1. The fourth-order valence-corrected chi connectivity index (χ4v) is 4.47. The lowest BCUT2D eigenvalue weighted by molar-refractivity contribution is -0.194. The van der Waals surface area contributed by atoms with Gasteiger partial charge in [0.05, 0.1) is 12.7 Å². The number of hydrogen-bond acceptors (Lipinski definition) is 3. The van der Waals surface area contributed by atoms with Gasteiger partial charge in [0.1, 0.15) is 6.10 Å². The van der Waals surface area contributed by atoms with Crippen molar-refractivity contribution in [3.63, 3.8) is 0 Å². The maximum Gasteiger partial charge on any atom is 0.192 e. The normalized spacial score (nSPS) is 27.0. The summed E-state index contributed by atoms with van der Waals surface area (Å²) in [5, 5.41) is 0.203. The van der Waals surface area contributed by atoms with E-state index in [1.807, 2.05) is 6.08 Å². The molecule has 0 radical (unpaired) electrons. The minimum atomic E-state index is -1.82. The van der Waals surface area contributed by atoms with Crippen molar-refractivity contribution >= 4 is 8.32 Å². The third-order valence-electron chi connectivity index (χ3n) is 5.56. The van der Waals surface area contributed by atoms with Gasteiger partial charge in [-0.2, -0.15) is 0 Å². The van der Waals surface area contributed by atoms with E-state index in [0.29, 0.717) is 6.61 Å². The number of ether oxygens (including phenoxy) is 2. The van der Waals surface area contributed by atoms with Crippen molar-refractivity contribution in [1.29, 1.82) is 0 Å². The molecular formula is C18H34O3Si. The van der Waals surface area contributed by atoms with Crippen LogP contribution in [0.5, 0.6) is 0 Å². The van der Waals surface area contributed by atoms with E-state index >= 15 is 0 Å². The molecule has 0 amide bonds. The van der Waals surface area contributed by atoms with Gasteiger partial charge in [0, 0.05) is 12.8 Å². The summed E-state index contributed by atoms with van der Waals surface area (Å²) in [5.74, 6) is -0.320. The van der Waals surface area contributed by atoms with Crippen LogP contribution in [0.4, 0.5) is 0 Å².